The molecule has 1 aromatic heterocycles. The number of morpholine rings is 1. The molecule has 1 fully saturated rings. The van der Waals surface area contributed by atoms with E-state index in [9.17, 15) is 8.42 Å². The lowest BCUT2D eigenvalue weighted by atomic mass is 10.3. The molecule has 19 heavy (non-hydrogen) atoms. The molecule has 1 aliphatic heterocycles. The lowest BCUT2D eigenvalue weighted by Crippen LogP contribution is -2.46. The Kier molecular flexibility index (Phi) is 4.29. The van der Waals surface area contributed by atoms with Crippen LogP contribution in [0.15, 0.2) is 17.2 Å². The molecule has 0 amide bonds. The van der Waals surface area contributed by atoms with Gasteiger partial charge in [-0.25, -0.2) is 13.4 Å². The fourth-order valence-corrected chi connectivity index (χ4v) is 3.85. The first kappa shape index (κ1) is 14.5. The molecule has 6 nitrogen and oxygen atoms in total. The zero-order valence-corrected chi connectivity index (χ0v) is 12.3. The van der Waals surface area contributed by atoms with Crippen LogP contribution in [-0.4, -0.2) is 50.6 Å². The summed E-state index contributed by atoms with van der Waals surface area (Å²) in [5, 5.41) is 3.07. The minimum atomic E-state index is -3.58. The van der Waals surface area contributed by atoms with Gasteiger partial charge in [0.05, 0.1) is 18.2 Å². The minimum absolute atomic E-state index is 0.102. The molecule has 1 atom stereocenters. The van der Waals surface area contributed by atoms with Crippen LogP contribution in [0.25, 0.3) is 0 Å². The first-order chi connectivity index (χ1) is 8.96. The van der Waals surface area contributed by atoms with E-state index < -0.39 is 10.0 Å². The molecule has 0 aliphatic carbocycles. The van der Waals surface area contributed by atoms with Crippen molar-refractivity contribution in [3.05, 3.63) is 17.3 Å². The van der Waals surface area contributed by atoms with E-state index in [0.29, 0.717) is 25.6 Å². The molecule has 2 rings (SSSR count). The summed E-state index contributed by atoms with van der Waals surface area (Å²) in [5.41, 5.74) is 0. The van der Waals surface area contributed by atoms with Gasteiger partial charge in [0.25, 0.3) is 0 Å². The van der Waals surface area contributed by atoms with Crippen molar-refractivity contribution >= 4 is 27.4 Å². The Morgan fingerprint density at radius 2 is 2.32 bits per heavy atom. The normalized spacial score (nSPS) is 21.3. The van der Waals surface area contributed by atoms with Gasteiger partial charge in [0.15, 0.2) is 0 Å². The van der Waals surface area contributed by atoms with Crippen molar-refractivity contribution in [2.45, 2.75) is 17.9 Å². The Labute approximate surface area is 117 Å². The highest BCUT2D eigenvalue weighted by Gasteiger charge is 2.32. The summed E-state index contributed by atoms with van der Waals surface area (Å²) in [5.74, 6) is 0.454. The maximum absolute atomic E-state index is 12.5. The van der Waals surface area contributed by atoms with Gasteiger partial charge in [-0.2, -0.15) is 4.31 Å². The second kappa shape index (κ2) is 5.62. The summed E-state index contributed by atoms with van der Waals surface area (Å²) in [7, 11) is -1.91. The summed E-state index contributed by atoms with van der Waals surface area (Å²) in [4.78, 5) is 4.10. The third-order valence-corrected chi connectivity index (χ3v) is 5.23. The minimum Gasteiger partial charge on any atom is -0.378 e. The molecule has 1 aromatic rings. The van der Waals surface area contributed by atoms with E-state index in [-0.39, 0.29) is 16.0 Å². The molecule has 0 bridgehead atoms. The Bertz CT molecular complexity index is 564. The SMILES string of the molecule is CNc1ncc(S(=O)(=O)N2CCOCC2C)cc1Cl. The predicted octanol–water partition coefficient (Wildman–Crippen LogP) is 1.19. The van der Waals surface area contributed by atoms with Gasteiger partial charge in [-0.05, 0) is 13.0 Å². The molecule has 1 unspecified atom stereocenters. The first-order valence-corrected chi connectivity index (χ1v) is 7.71. The van der Waals surface area contributed by atoms with Gasteiger partial charge in [0, 0.05) is 25.8 Å². The molecule has 1 saturated heterocycles. The van der Waals surface area contributed by atoms with Crippen molar-refractivity contribution in [3.63, 3.8) is 0 Å². The molecule has 0 spiro atoms. The molecule has 2 heterocycles. The van der Waals surface area contributed by atoms with E-state index in [1.165, 1.54) is 16.6 Å². The van der Waals surface area contributed by atoms with Gasteiger partial charge in [0.2, 0.25) is 10.0 Å². The number of halogens is 1. The zero-order chi connectivity index (χ0) is 14.0. The van der Waals surface area contributed by atoms with Gasteiger partial charge in [0.1, 0.15) is 10.7 Å². The summed E-state index contributed by atoms with van der Waals surface area (Å²) in [6.45, 7) is 2.96. The van der Waals surface area contributed by atoms with Crippen molar-refractivity contribution in [1.29, 1.82) is 0 Å². The number of nitrogens with one attached hydrogen (secondary N) is 1. The third-order valence-electron chi connectivity index (χ3n) is 2.97. The van der Waals surface area contributed by atoms with Gasteiger partial charge in [-0.15, -0.1) is 0 Å². The van der Waals surface area contributed by atoms with E-state index in [0.717, 1.165) is 0 Å². The fourth-order valence-electron chi connectivity index (χ4n) is 1.95. The van der Waals surface area contributed by atoms with E-state index in [2.05, 4.69) is 10.3 Å². The van der Waals surface area contributed by atoms with E-state index >= 15 is 0 Å². The first-order valence-electron chi connectivity index (χ1n) is 5.89. The van der Waals surface area contributed by atoms with Crippen LogP contribution >= 0.6 is 11.6 Å². The zero-order valence-electron chi connectivity index (χ0n) is 10.8. The van der Waals surface area contributed by atoms with Crippen molar-refractivity contribution in [1.82, 2.24) is 9.29 Å². The van der Waals surface area contributed by atoms with Crippen molar-refractivity contribution in [2.75, 3.05) is 32.1 Å². The Morgan fingerprint density at radius 3 is 2.89 bits per heavy atom. The topological polar surface area (TPSA) is 71.5 Å². The molecular weight excluding hydrogens is 290 g/mol. The molecule has 0 saturated carbocycles. The molecule has 1 aliphatic rings. The van der Waals surface area contributed by atoms with Crippen LogP contribution < -0.4 is 5.32 Å². The highest BCUT2D eigenvalue weighted by molar-refractivity contribution is 7.89. The molecule has 106 valence electrons. The van der Waals surface area contributed by atoms with Gasteiger partial charge < -0.3 is 10.1 Å². The highest BCUT2D eigenvalue weighted by atomic mass is 35.5. The van der Waals surface area contributed by atoms with Crippen LogP contribution in [0.3, 0.4) is 0 Å². The lowest BCUT2D eigenvalue weighted by Gasteiger charge is -2.32. The fraction of sp³-hybridized carbons (Fsp3) is 0.545. The van der Waals surface area contributed by atoms with Gasteiger partial charge in [-0.3, -0.25) is 0 Å². The molecule has 0 aromatic carbocycles. The molecule has 8 heteroatoms. The van der Waals surface area contributed by atoms with Crippen LogP contribution in [0, 0.1) is 0 Å². The predicted molar refractivity (Wildman–Crippen MR) is 73.0 cm³/mol. The van der Waals surface area contributed by atoms with Crippen molar-refractivity contribution in [3.8, 4) is 0 Å². The second-order valence-corrected chi connectivity index (χ2v) is 6.59. The van der Waals surface area contributed by atoms with Crippen molar-refractivity contribution < 1.29 is 13.2 Å². The molecule has 0 radical (unpaired) electrons. The number of sulfonamides is 1. The van der Waals surface area contributed by atoms with E-state index in [1.54, 1.807) is 7.05 Å². The number of hydrogen-bond donors (Lipinski definition) is 1. The number of pyridine rings is 1. The standard InChI is InChI=1S/C11H16ClN3O3S/c1-8-7-18-4-3-15(8)19(16,17)9-5-10(12)11(13-2)14-6-9/h5-6,8H,3-4,7H2,1-2H3,(H,13,14). The molecule has 1 N–H and O–H groups in total. The maximum atomic E-state index is 12.5. The summed E-state index contributed by atoms with van der Waals surface area (Å²) in [6.07, 6.45) is 1.31. The summed E-state index contributed by atoms with van der Waals surface area (Å²) in [6, 6.07) is 1.22. The van der Waals surface area contributed by atoms with Crippen LogP contribution in [0.5, 0.6) is 0 Å². The van der Waals surface area contributed by atoms with Crippen LogP contribution in [0.1, 0.15) is 6.92 Å². The number of ether oxygens (including phenoxy) is 1. The van der Waals surface area contributed by atoms with Gasteiger partial charge >= 0.3 is 0 Å². The number of nitrogens with zero attached hydrogens (tertiary/aromatic N) is 2. The number of aromatic nitrogens is 1. The number of hydrogen-bond acceptors (Lipinski definition) is 5. The smallest absolute Gasteiger partial charge is 0.245 e. The quantitative estimate of drug-likeness (QED) is 0.908. The highest BCUT2D eigenvalue weighted by Crippen LogP contribution is 2.25. The van der Waals surface area contributed by atoms with Crippen molar-refractivity contribution in [2.24, 2.45) is 0 Å². The van der Waals surface area contributed by atoms with Crippen LogP contribution in [0.4, 0.5) is 5.82 Å². The Hall–Kier alpha value is -0.890. The maximum Gasteiger partial charge on any atom is 0.245 e. The van der Waals surface area contributed by atoms with E-state index in [4.69, 9.17) is 16.3 Å². The largest absolute Gasteiger partial charge is 0.378 e. The van der Waals surface area contributed by atoms with Crippen LogP contribution in [0.2, 0.25) is 5.02 Å². The monoisotopic (exact) mass is 305 g/mol. The number of anilines is 1. The van der Waals surface area contributed by atoms with Crippen LogP contribution in [-0.2, 0) is 14.8 Å². The Morgan fingerprint density at radius 1 is 1.58 bits per heavy atom. The van der Waals surface area contributed by atoms with Gasteiger partial charge in [-0.1, -0.05) is 11.6 Å². The summed E-state index contributed by atoms with van der Waals surface area (Å²) >= 11 is 5.98. The van der Waals surface area contributed by atoms with E-state index in [1.807, 2.05) is 6.92 Å². The number of rotatable bonds is 3. The third kappa shape index (κ3) is 2.84. The molecular formula is C11H16ClN3O3S. The average Bonchev–Trinajstić information content (AvgIpc) is 2.39. The summed E-state index contributed by atoms with van der Waals surface area (Å²) < 4.78 is 31.7. The lowest BCUT2D eigenvalue weighted by molar-refractivity contribution is 0.0392. The Balaban J connectivity index is 2.36. The second-order valence-electron chi connectivity index (χ2n) is 4.29. The average molecular weight is 306 g/mol.